The van der Waals surface area contributed by atoms with Gasteiger partial charge in [-0.05, 0) is 78.6 Å². The first-order valence-corrected chi connectivity index (χ1v) is 10.2. The summed E-state index contributed by atoms with van der Waals surface area (Å²) < 4.78 is 11.1. The number of hydrogen-bond donors (Lipinski definition) is 1. The summed E-state index contributed by atoms with van der Waals surface area (Å²) in [5.41, 5.74) is 1.82. The van der Waals surface area contributed by atoms with Gasteiger partial charge in [0.1, 0.15) is 23.6 Å². The Hall–Kier alpha value is -3.54. The zero-order valence-electron chi connectivity index (χ0n) is 18.2. The van der Waals surface area contributed by atoms with Crippen molar-refractivity contribution >= 4 is 22.7 Å². The van der Waals surface area contributed by atoms with Crippen LogP contribution in [-0.2, 0) is 10.3 Å². The van der Waals surface area contributed by atoms with E-state index in [1.165, 1.54) is 4.90 Å². The number of urea groups is 1. The molecule has 1 atom stereocenters. The van der Waals surface area contributed by atoms with E-state index >= 15 is 0 Å². The Bertz CT molecular complexity index is 1150. The number of nitrogens with zero attached hydrogens (tertiary/aromatic N) is 1. The number of ether oxygens (including phenoxy) is 2. The number of carbonyl (C=O) groups excluding carboxylic acids is 2. The molecule has 1 N–H and O–H groups in total. The summed E-state index contributed by atoms with van der Waals surface area (Å²) in [4.78, 5) is 27.0. The fourth-order valence-corrected chi connectivity index (χ4v) is 4.03. The minimum absolute atomic E-state index is 0.179. The van der Waals surface area contributed by atoms with Crippen LogP contribution < -0.4 is 14.8 Å². The standard InChI is InChI=1S/C25H26N2O4/c1-16-11-17(2)13-22(12-16)31-10-9-27-23(28)25(3,26-24(27)29)20-7-5-19-15-21(30-4)8-6-18(19)14-20/h5-8,11-15H,9-10H2,1-4H3,(H,26,29)/t25-/m0/s1. The molecule has 1 fully saturated rings. The highest BCUT2D eigenvalue weighted by molar-refractivity contribution is 6.07. The molecule has 0 radical (unpaired) electrons. The third kappa shape index (κ3) is 3.93. The second-order valence-electron chi connectivity index (χ2n) is 8.11. The van der Waals surface area contributed by atoms with Gasteiger partial charge in [0.25, 0.3) is 5.91 Å². The van der Waals surface area contributed by atoms with E-state index in [-0.39, 0.29) is 19.1 Å². The summed E-state index contributed by atoms with van der Waals surface area (Å²) >= 11 is 0. The maximum atomic E-state index is 13.2. The fraction of sp³-hybridized carbons (Fsp3) is 0.280. The molecule has 0 aromatic heterocycles. The highest BCUT2D eigenvalue weighted by Crippen LogP contribution is 2.32. The topological polar surface area (TPSA) is 67.9 Å². The van der Waals surface area contributed by atoms with Crippen molar-refractivity contribution in [3.63, 3.8) is 0 Å². The number of aryl methyl sites for hydroxylation is 2. The Kier molecular flexibility index (Phi) is 5.31. The normalized spacial score (nSPS) is 18.4. The predicted octanol–water partition coefficient (Wildman–Crippen LogP) is 4.31. The number of carbonyl (C=O) groups is 2. The van der Waals surface area contributed by atoms with Gasteiger partial charge < -0.3 is 14.8 Å². The lowest BCUT2D eigenvalue weighted by atomic mass is 9.90. The van der Waals surface area contributed by atoms with Gasteiger partial charge in [0.05, 0.1) is 13.7 Å². The first kappa shape index (κ1) is 20.7. The zero-order chi connectivity index (χ0) is 22.2. The van der Waals surface area contributed by atoms with Crippen molar-refractivity contribution in [2.24, 2.45) is 0 Å². The molecule has 31 heavy (non-hydrogen) atoms. The number of rotatable bonds is 6. The van der Waals surface area contributed by atoms with E-state index in [4.69, 9.17) is 9.47 Å². The lowest BCUT2D eigenvalue weighted by Gasteiger charge is -2.23. The number of amides is 3. The lowest BCUT2D eigenvalue weighted by molar-refractivity contribution is -0.131. The molecule has 4 rings (SSSR count). The first-order chi connectivity index (χ1) is 14.8. The van der Waals surface area contributed by atoms with Gasteiger partial charge >= 0.3 is 6.03 Å². The summed E-state index contributed by atoms with van der Waals surface area (Å²) in [5.74, 6) is 1.22. The van der Waals surface area contributed by atoms with E-state index in [0.29, 0.717) is 0 Å². The largest absolute Gasteiger partial charge is 0.497 e. The molecule has 0 bridgehead atoms. The molecular weight excluding hydrogens is 392 g/mol. The molecule has 3 aromatic carbocycles. The van der Waals surface area contributed by atoms with Gasteiger partial charge in [0.15, 0.2) is 0 Å². The summed E-state index contributed by atoms with van der Waals surface area (Å²) in [6.45, 7) is 6.15. The Morgan fingerprint density at radius 3 is 2.29 bits per heavy atom. The smallest absolute Gasteiger partial charge is 0.325 e. The monoisotopic (exact) mass is 418 g/mol. The van der Waals surface area contributed by atoms with Crippen LogP contribution in [0.4, 0.5) is 4.79 Å². The van der Waals surface area contributed by atoms with E-state index in [1.807, 2.05) is 62.4 Å². The molecule has 6 heteroatoms. The molecule has 0 unspecified atom stereocenters. The summed E-state index contributed by atoms with van der Waals surface area (Å²) in [7, 11) is 1.63. The lowest BCUT2D eigenvalue weighted by Crippen LogP contribution is -2.41. The van der Waals surface area contributed by atoms with Gasteiger partial charge in [-0.15, -0.1) is 0 Å². The molecule has 6 nitrogen and oxygen atoms in total. The highest BCUT2D eigenvalue weighted by atomic mass is 16.5. The molecule has 3 amide bonds. The van der Waals surface area contributed by atoms with Crippen LogP contribution in [0.25, 0.3) is 10.8 Å². The van der Waals surface area contributed by atoms with Crippen molar-refractivity contribution in [1.29, 1.82) is 0 Å². The average Bonchev–Trinajstić information content (AvgIpc) is 2.96. The quantitative estimate of drug-likeness (QED) is 0.606. The van der Waals surface area contributed by atoms with Gasteiger partial charge in [0.2, 0.25) is 0 Å². The molecule has 0 aliphatic carbocycles. The summed E-state index contributed by atoms with van der Waals surface area (Å²) in [6, 6.07) is 17.0. The fourth-order valence-electron chi connectivity index (χ4n) is 4.03. The van der Waals surface area contributed by atoms with E-state index in [0.717, 1.165) is 39.0 Å². The molecular formula is C25H26N2O4. The summed E-state index contributed by atoms with van der Waals surface area (Å²) in [5, 5.41) is 4.83. The van der Waals surface area contributed by atoms with Gasteiger partial charge in [-0.2, -0.15) is 0 Å². The van der Waals surface area contributed by atoms with Crippen LogP contribution in [0.15, 0.2) is 54.6 Å². The number of nitrogens with one attached hydrogen (secondary N) is 1. The Morgan fingerprint density at radius 2 is 1.58 bits per heavy atom. The number of benzene rings is 3. The van der Waals surface area contributed by atoms with Crippen molar-refractivity contribution in [3.05, 3.63) is 71.3 Å². The van der Waals surface area contributed by atoms with Gasteiger partial charge in [-0.1, -0.05) is 24.3 Å². The van der Waals surface area contributed by atoms with Crippen LogP contribution in [0.5, 0.6) is 11.5 Å². The average molecular weight is 418 g/mol. The summed E-state index contributed by atoms with van der Waals surface area (Å²) in [6.07, 6.45) is 0. The molecule has 1 aliphatic rings. The minimum atomic E-state index is -1.12. The van der Waals surface area contributed by atoms with Crippen LogP contribution in [0.1, 0.15) is 23.6 Å². The van der Waals surface area contributed by atoms with Crippen LogP contribution in [0.2, 0.25) is 0 Å². The van der Waals surface area contributed by atoms with E-state index < -0.39 is 11.6 Å². The molecule has 1 aliphatic heterocycles. The molecule has 3 aromatic rings. The van der Waals surface area contributed by atoms with Crippen LogP contribution in [0, 0.1) is 13.8 Å². The van der Waals surface area contributed by atoms with Crippen molar-refractivity contribution in [2.75, 3.05) is 20.3 Å². The van der Waals surface area contributed by atoms with Crippen molar-refractivity contribution in [1.82, 2.24) is 10.2 Å². The van der Waals surface area contributed by atoms with Crippen molar-refractivity contribution in [3.8, 4) is 11.5 Å². The Balaban J connectivity index is 1.50. The van der Waals surface area contributed by atoms with Gasteiger partial charge in [-0.25, -0.2) is 4.79 Å². The SMILES string of the molecule is COc1ccc2cc([C@]3(C)NC(=O)N(CCOc4cc(C)cc(C)c4)C3=O)ccc2c1. The second-order valence-corrected chi connectivity index (χ2v) is 8.11. The maximum absolute atomic E-state index is 13.2. The molecule has 1 heterocycles. The van der Waals surface area contributed by atoms with Crippen LogP contribution in [-0.4, -0.2) is 37.1 Å². The Morgan fingerprint density at radius 1 is 0.903 bits per heavy atom. The Labute approximate surface area is 181 Å². The number of methoxy groups -OCH3 is 1. The van der Waals surface area contributed by atoms with Crippen LogP contribution >= 0.6 is 0 Å². The number of imide groups is 1. The van der Waals surface area contributed by atoms with E-state index in [1.54, 1.807) is 14.0 Å². The predicted molar refractivity (Wildman–Crippen MR) is 120 cm³/mol. The van der Waals surface area contributed by atoms with Gasteiger partial charge in [0, 0.05) is 0 Å². The van der Waals surface area contributed by atoms with Crippen molar-refractivity contribution < 1.29 is 19.1 Å². The molecule has 160 valence electrons. The molecule has 0 saturated carbocycles. The van der Waals surface area contributed by atoms with E-state index in [2.05, 4.69) is 11.4 Å². The van der Waals surface area contributed by atoms with Crippen LogP contribution in [0.3, 0.4) is 0 Å². The third-order valence-electron chi connectivity index (χ3n) is 5.68. The maximum Gasteiger partial charge on any atom is 0.325 e. The second kappa shape index (κ2) is 7.95. The minimum Gasteiger partial charge on any atom is -0.497 e. The highest BCUT2D eigenvalue weighted by Gasteiger charge is 2.48. The number of hydrogen-bond acceptors (Lipinski definition) is 4. The van der Waals surface area contributed by atoms with E-state index in [9.17, 15) is 9.59 Å². The van der Waals surface area contributed by atoms with Crippen molar-refractivity contribution in [2.45, 2.75) is 26.3 Å². The zero-order valence-corrected chi connectivity index (χ0v) is 18.2. The number of fused-ring (bicyclic) bond motifs is 1. The first-order valence-electron chi connectivity index (χ1n) is 10.2. The third-order valence-corrected chi connectivity index (χ3v) is 5.68. The molecule has 1 saturated heterocycles. The van der Waals surface area contributed by atoms with Gasteiger partial charge in [-0.3, -0.25) is 9.69 Å². The molecule has 0 spiro atoms.